The molecule has 1 aromatic carbocycles. The maximum Gasteiger partial charge on any atom is 0.105 e. The fourth-order valence-electron chi connectivity index (χ4n) is 1.61. The van der Waals surface area contributed by atoms with E-state index in [1.54, 1.807) is 18.4 Å². The molecule has 0 bridgehead atoms. The Morgan fingerprint density at radius 1 is 1.06 bits per heavy atom. The zero-order chi connectivity index (χ0) is 13.0. The van der Waals surface area contributed by atoms with Gasteiger partial charge in [0.2, 0.25) is 0 Å². The van der Waals surface area contributed by atoms with Crippen molar-refractivity contribution in [3.63, 3.8) is 0 Å². The Hall–Kier alpha value is -0.670. The lowest BCUT2D eigenvalue weighted by Gasteiger charge is -2.09. The molecular formula is C13H12Cl3NO. The second-order valence-electron chi connectivity index (χ2n) is 3.83. The summed E-state index contributed by atoms with van der Waals surface area (Å²) >= 11 is 18.1. The number of benzene rings is 1. The van der Waals surface area contributed by atoms with Crippen molar-refractivity contribution in [3.8, 4) is 0 Å². The maximum absolute atomic E-state index is 6.10. The minimum atomic E-state index is 0.509. The first-order valence-corrected chi connectivity index (χ1v) is 6.67. The van der Waals surface area contributed by atoms with Crippen molar-refractivity contribution in [2.24, 2.45) is 0 Å². The number of halogens is 3. The van der Waals surface area contributed by atoms with Gasteiger partial charge in [-0.05, 0) is 24.3 Å². The van der Waals surface area contributed by atoms with Gasteiger partial charge in [-0.15, -0.1) is 0 Å². The van der Waals surface area contributed by atoms with Gasteiger partial charge in [0.25, 0.3) is 0 Å². The van der Waals surface area contributed by atoms with Crippen LogP contribution in [-0.2, 0) is 13.0 Å². The molecule has 2 rings (SSSR count). The third-order valence-corrected chi connectivity index (χ3v) is 3.77. The minimum absolute atomic E-state index is 0.509. The number of furan rings is 1. The van der Waals surface area contributed by atoms with Crippen molar-refractivity contribution < 1.29 is 4.42 Å². The van der Waals surface area contributed by atoms with Crippen molar-refractivity contribution in [2.75, 3.05) is 6.54 Å². The predicted octanol–water partition coefficient (Wildman–Crippen LogP) is 4.57. The van der Waals surface area contributed by atoms with Crippen LogP contribution in [0.4, 0.5) is 0 Å². The summed E-state index contributed by atoms with van der Waals surface area (Å²) in [6.07, 6.45) is 2.49. The maximum atomic E-state index is 6.10. The summed E-state index contributed by atoms with van der Waals surface area (Å²) in [6.45, 7) is 1.37. The van der Waals surface area contributed by atoms with Gasteiger partial charge in [-0.2, -0.15) is 0 Å². The largest absolute Gasteiger partial charge is 0.469 e. The van der Waals surface area contributed by atoms with Gasteiger partial charge >= 0.3 is 0 Å². The molecule has 18 heavy (non-hydrogen) atoms. The molecule has 0 aliphatic carbocycles. The van der Waals surface area contributed by atoms with Gasteiger partial charge in [-0.3, -0.25) is 0 Å². The molecule has 0 radical (unpaired) electrons. The van der Waals surface area contributed by atoms with Gasteiger partial charge in [-0.25, -0.2) is 0 Å². The Morgan fingerprint density at radius 2 is 1.83 bits per heavy atom. The SMILES string of the molecule is Clc1ccc(Cl)c(CNCCc2ccco2)c1Cl. The Labute approximate surface area is 121 Å². The molecule has 1 heterocycles. The Kier molecular flexibility index (Phi) is 4.95. The van der Waals surface area contributed by atoms with Gasteiger partial charge in [0.05, 0.1) is 16.3 Å². The Balaban J connectivity index is 1.88. The second-order valence-corrected chi connectivity index (χ2v) is 5.02. The van der Waals surface area contributed by atoms with Crippen molar-refractivity contribution in [1.29, 1.82) is 0 Å². The lowest BCUT2D eigenvalue weighted by Crippen LogP contribution is -2.17. The molecule has 0 amide bonds. The van der Waals surface area contributed by atoms with Gasteiger partial charge in [0, 0.05) is 30.1 Å². The van der Waals surface area contributed by atoms with Crippen LogP contribution in [0.25, 0.3) is 0 Å². The first kappa shape index (κ1) is 13.8. The zero-order valence-electron chi connectivity index (χ0n) is 9.55. The lowest BCUT2D eigenvalue weighted by atomic mass is 10.2. The van der Waals surface area contributed by atoms with Crippen LogP contribution in [0.1, 0.15) is 11.3 Å². The summed E-state index contributed by atoms with van der Waals surface area (Å²) in [5.74, 6) is 0.950. The summed E-state index contributed by atoms with van der Waals surface area (Å²) in [4.78, 5) is 0. The van der Waals surface area contributed by atoms with E-state index in [9.17, 15) is 0 Å². The summed E-state index contributed by atoms with van der Waals surface area (Å²) in [6, 6.07) is 7.26. The summed E-state index contributed by atoms with van der Waals surface area (Å²) in [7, 11) is 0. The Bertz CT molecular complexity index is 511. The van der Waals surface area contributed by atoms with Crippen molar-refractivity contribution >= 4 is 34.8 Å². The standard InChI is InChI=1S/C13H12Cl3NO/c14-11-3-4-12(15)13(16)10(11)8-17-6-5-9-2-1-7-18-9/h1-4,7,17H,5-6,8H2. The van der Waals surface area contributed by atoms with E-state index < -0.39 is 0 Å². The highest BCUT2D eigenvalue weighted by molar-refractivity contribution is 6.44. The van der Waals surface area contributed by atoms with E-state index in [0.29, 0.717) is 21.6 Å². The summed E-state index contributed by atoms with van der Waals surface area (Å²) in [5, 5.41) is 4.91. The average molecular weight is 305 g/mol. The molecule has 0 unspecified atom stereocenters. The van der Waals surface area contributed by atoms with Crippen LogP contribution in [0.15, 0.2) is 34.9 Å². The van der Waals surface area contributed by atoms with Gasteiger partial charge in [-0.1, -0.05) is 34.8 Å². The molecule has 0 saturated carbocycles. The monoisotopic (exact) mass is 303 g/mol. The van der Waals surface area contributed by atoms with Gasteiger partial charge in [0.1, 0.15) is 5.76 Å². The Morgan fingerprint density at radius 3 is 2.56 bits per heavy atom. The van der Waals surface area contributed by atoms with E-state index in [-0.39, 0.29) is 0 Å². The molecule has 1 N–H and O–H groups in total. The van der Waals surface area contributed by atoms with E-state index in [4.69, 9.17) is 39.2 Å². The highest BCUT2D eigenvalue weighted by Gasteiger charge is 2.09. The molecule has 0 fully saturated rings. The number of nitrogens with one attached hydrogen (secondary N) is 1. The number of hydrogen-bond donors (Lipinski definition) is 1. The lowest BCUT2D eigenvalue weighted by molar-refractivity contribution is 0.499. The average Bonchev–Trinajstić information content (AvgIpc) is 2.86. The summed E-state index contributed by atoms with van der Waals surface area (Å²) in [5.41, 5.74) is 0.824. The van der Waals surface area contributed by atoms with E-state index in [1.165, 1.54) is 0 Å². The van der Waals surface area contributed by atoms with Crippen molar-refractivity contribution in [1.82, 2.24) is 5.32 Å². The van der Waals surface area contributed by atoms with Crippen LogP contribution in [-0.4, -0.2) is 6.54 Å². The second kappa shape index (κ2) is 6.48. The molecule has 0 aliphatic rings. The van der Waals surface area contributed by atoms with Gasteiger partial charge < -0.3 is 9.73 Å². The molecule has 0 atom stereocenters. The quantitative estimate of drug-likeness (QED) is 0.646. The molecule has 0 aliphatic heterocycles. The minimum Gasteiger partial charge on any atom is -0.469 e. The van der Waals surface area contributed by atoms with Crippen LogP contribution < -0.4 is 5.32 Å². The number of rotatable bonds is 5. The number of hydrogen-bond acceptors (Lipinski definition) is 2. The van der Waals surface area contributed by atoms with Crippen LogP contribution in [0.5, 0.6) is 0 Å². The molecule has 0 saturated heterocycles. The molecule has 5 heteroatoms. The van der Waals surface area contributed by atoms with Crippen LogP contribution in [0.2, 0.25) is 15.1 Å². The molecule has 2 nitrogen and oxygen atoms in total. The molecule has 0 spiro atoms. The molecule has 1 aromatic heterocycles. The molecule has 2 aromatic rings. The topological polar surface area (TPSA) is 25.2 Å². The predicted molar refractivity (Wildman–Crippen MR) is 75.6 cm³/mol. The third-order valence-electron chi connectivity index (χ3n) is 2.57. The highest BCUT2D eigenvalue weighted by atomic mass is 35.5. The van der Waals surface area contributed by atoms with E-state index in [0.717, 1.165) is 24.3 Å². The smallest absolute Gasteiger partial charge is 0.105 e. The fraction of sp³-hybridized carbons (Fsp3) is 0.231. The molecule has 96 valence electrons. The van der Waals surface area contributed by atoms with Gasteiger partial charge in [0.15, 0.2) is 0 Å². The fourth-order valence-corrected chi connectivity index (χ4v) is 2.29. The first-order valence-electron chi connectivity index (χ1n) is 5.54. The van der Waals surface area contributed by atoms with Crippen LogP contribution in [0.3, 0.4) is 0 Å². The normalized spacial score (nSPS) is 10.8. The van der Waals surface area contributed by atoms with E-state index in [1.807, 2.05) is 12.1 Å². The molecular weight excluding hydrogens is 293 g/mol. The van der Waals surface area contributed by atoms with Crippen molar-refractivity contribution in [2.45, 2.75) is 13.0 Å². The zero-order valence-corrected chi connectivity index (χ0v) is 11.8. The van der Waals surface area contributed by atoms with Crippen molar-refractivity contribution in [3.05, 3.63) is 56.9 Å². The third kappa shape index (κ3) is 3.42. The van der Waals surface area contributed by atoms with Crippen LogP contribution >= 0.6 is 34.8 Å². The summed E-state index contributed by atoms with van der Waals surface area (Å²) < 4.78 is 5.24. The van der Waals surface area contributed by atoms with Crippen LogP contribution in [0, 0.1) is 0 Å². The highest BCUT2D eigenvalue weighted by Crippen LogP contribution is 2.31. The van der Waals surface area contributed by atoms with E-state index in [2.05, 4.69) is 5.32 Å². The van der Waals surface area contributed by atoms with E-state index >= 15 is 0 Å². The first-order chi connectivity index (χ1) is 8.68.